The lowest BCUT2D eigenvalue weighted by Crippen LogP contribution is -2.49. The van der Waals surface area contributed by atoms with Gasteiger partial charge < -0.3 is 4.90 Å². The quantitative estimate of drug-likeness (QED) is 0.803. The van der Waals surface area contributed by atoms with Gasteiger partial charge in [0.2, 0.25) is 5.91 Å². The molecule has 0 bridgehead atoms. The van der Waals surface area contributed by atoms with Crippen LogP contribution < -0.4 is 0 Å². The molecule has 0 atom stereocenters. The zero-order valence-corrected chi connectivity index (χ0v) is 10.3. The van der Waals surface area contributed by atoms with Crippen molar-refractivity contribution in [3.05, 3.63) is 29.6 Å². The molecule has 1 fully saturated rings. The topological polar surface area (TPSA) is 33.2 Å². The van der Waals surface area contributed by atoms with Crippen molar-refractivity contribution >= 4 is 5.91 Å². The van der Waals surface area contributed by atoms with Crippen LogP contribution in [0.1, 0.15) is 24.5 Å². The Morgan fingerprint density at radius 2 is 2.00 bits per heavy atom. The maximum absolute atomic E-state index is 13.4. The summed E-state index contributed by atoms with van der Waals surface area (Å²) < 4.78 is 62.0. The number of aromatic nitrogens is 1. The first-order valence-electron chi connectivity index (χ1n) is 5.92. The number of carbonyl (C=O) groups is 1. The molecule has 0 saturated carbocycles. The highest BCUT2D eigenvalue weighted by Gasteiger charge is 2.36. The molecular formula is C12H11F5N2O. The van der Waals surface area contributed by atoms with Crippen LogP contribution in [0.25, 0.3) is 0 Å². The van der Waals surface area contributed by atoms with Crippen molar-refractivity contribution in [3.63, 3.8) is 0 Å². The van der Waals surface area contributed by atoms with Gasteiger partial charge >= 0.3 is 6.18 Å². The average Bonchev–Trinajstić information content (AvgIpc) is 2.26. The fraction of sp³-hybridized carbons (Fsp3) is 0.500. The van der Waals surface area contributed by atoms with Crippen LogP contribution in [-0.4, -0.2) is 35.1 Å². The van der Waals surface area contributed by atoms with E-state index < -0.39 is 42.5 Å². The van der Waals surface area contributed by atoms with Gasteiger partial charge in [-0.3, -0.25) is 9.78 Å². The molecule has 110 valence electrons. The Morgan fingerprint density at radius 3 is 2.55 bits per heavy atom. The first kappa shape index (κ1) is 14.7. The van der Waals surface area contributed by atoms with Gasteiger partial charge in [0.05, 0.1) is 18.3 Å². The third-order valence-corrected chi connectivity index (χ3v) is 3.08. The van der Waals surface area contributed by atoms with Crippen molar-refractivity contribution in [1.82, 2.24) is 9.88 Å². The van der Waals surface area contributed by atoms with Crippen LogP contribution in [0.2, 0.25) is 0 Å². The van der Waals surface area contributed by atoms with E-state index in [2.05, 4.69) is 4.98 Å². The molecule has 3 nitrogen and oxygen atoms in total. The summed E-state index contributed by atoms with van der Waals surface area (Å²) in [4.78, 5) is 16.3. The van der Waals surface area contributed by atoms with Crippen LogP contribution in [-0.2, 0) is 4.79 Å². The summed E-state index contributed by atoms with van der Waals surface area (Å²) in [5, 5.41) is 0. The number of likely N-dealkylation sites (tertiary alicyclic amines) is 1. The van der Waals surface area contributed by atoms with Gasteiger partial charge in [-0.05, 0) is 0 Å². The highest BCUT2D eigenvalue weighted by molar-refractivity contribution is 5.77. The van der Waals surface area contributed by atoms with E-state index >= 15 is 0 Å². The minimum absolute atomic E-state index is 0.0336. The average molecular weight is 294 g/mol. The highest BCUT2D eigenvalue weighted by atomic mass is 19.4. The largest absolute Gasteiger partial charge is 0.389 e. The van der Waals surface area contributed by atoms with Gasteiger partial charge in [-0.15, -0.1) is 0 Å². The van der Waals surface area contributed by atoms with Crippen LogP contribution in [0.3, 0.4) is 0 Å². The maximum Gasteiger partial charge on any atom is 0.389 e. The normalized spacial score (nSPS) is 16.1. The molecule has 0 N–H and O–H groups in total. The summed E-state index contributed by atoms with van der Waals surface area (Å²) in [5.74, 6) is -2.63. The third-order valence-electron chi connectivity index (χ3n) is 3.08. The number of hydrogen-bond donors (Lipinski definition) is 0. The Hall–Kier alpha value is -1.73. The molecule has 1 aliphatic heterocycles. The van der Waals surface area contributed by atoms with Gasteiger partial charge in [0.25, 0.3) is 0 Å². The minimum Gasteiger partial charge on any atom is -0.341 e. The minimum atomic E-state index is -4.37. The van der Waals surface area contributed by atoms with Gasteiger partial charge in [-0.1, -0.05) is 0 Å². The van der Waals surface area contributed by atoms with Crippen LogP contribution in [0.4, 0.5) is 22.0 Å². The first-order chi connectivity index (χ1) is 9.26. The van der Waals surface area contributed by atoms with Crippen molar-refractivity contribution in [2.75, 3.05) is 13.1 Å². The monoisotopic (exact) mass is 294 g/mol. The smallest absolute Gasteiger partial charge is 0.341 e. The van der Waals surface area contributed by atoms with E-state index in [0.29, 0.717) is 6.07 Å². The van der Waals surface area contributed by atoms with Crippen molar-refractivity contribution in [3.8, 4) is 0 Å². The Morgan fingerprint density at radius 1 is 1.35 bits per heavy atom. The predicted octanol–water partition coefficient (Wildman–Crippen LogP) is 2.63. The molecule has 1 aromatic rings. The van der Waals surface area contributed by atoms with Crippen molar-refractivity contribution in [1.29, 1.82) is 0 Å². The molecule has 2 rings (SSSR count). The molecule has 2 heterocycles. The highest BCUT2D eigenvalue weighted by Crippen LogP contribution is 2.29. The lowest BCUT2D eigenvalue weighted by atomic mass is 9.94. The van der Waals surface area contributed by atoms with Gasteiger partial charge in [0.15, 0.2) is 0 Å². The van der Waals surface area contributed by atoms with E-state index in [4.69, 9.17) is 0 Å². The van der Waals surface area contributed by atoms with Crippen molar-refractivity contribution in [2.24, 2.45) is 0 Å². The van der Waals surface area contributed by atoms with Gasteiger partial charge in [0, 0.05) is 31.5 Å². The van der Waals surface area contributed by atoms with Crippen molar-refractivity contribution < 1.29 is 26.7 Å². The SMILES string of the molecule is O=C(CCC(F)(F)F)N1CC(c2ncc(F)cc2F)C1. The van der Waals surface area contributed by atoms with E-state index in [-0.39, 0.29) is 18.8 Å². The zero-order valence-electron chi connectivity index (χ0n) is 10.3. The summed E-state index contributed by atoms with van der Waals surface area (Å²) in [5.41, 5.74) is 0.0336. The summed E-state index contributed by atoms with van der Waals surface area (Å²) in [7, 11) is 0. The molecule has 1 aliphatic rings. The second-order valence-corrected chi connectivity index (χ2v) is 4.63. The van der Waals surface area contributed by atoms with Crippen LogP contribution >= 0.6 is 0 Å². The Kier molecular flexibility index (Phi) is 3.92. The number of pyridine rings is 1. The van der Waals surface area contributed by atoms with Crippen molar-refractivity contribution in [2.45, 2.75) is 24.9 Å². The molecule has 8 heteroatoms. The molecule has 1 amide bonds. The fourth-order valence-electron chi connectivity index (χ4n) is 1.99. The second kappa shape index (κ2) is 5.34. The number of rotatable bonds is 3. The standard InChI is InChI=1S/C12H11F5N2O/c13-8-3-9(14)11(18-4-8)7-5-19(6-7)10(20)1-2-12(15,16)17/h3-4,7H,1-2,5-6H2. The lowest BCUT2D eigenvalue weighted by Gasteiger charge is -2.39. The number of amides is 1. The summed E-state index contributed by atoms with van der Waals surface area (Å²) in [6, 6.07) is 0.691. The Bertz CT molecular complexity index is 511. The summed E-state index contributed by atoms with van der Waals surface area (Å²) in [6.45, 7) is 0.207. The van der Waals surface area contributed by atoms with Crippen LogP contribution in [0, 0.1) is 11.6 Å². The van der Waals surface area contributed by atoms with E-state index in [9.17, 15) is 26.7 Å². The number of carbonyl (C=O) groups excluding carboxylic acids is 1. The van der Waals surface area contributed by atoms with Gasteiger partial charge in [0.1, 0.15) is 11.6 Å². The van der Waals surface area contributed by atoms with E-state index in [1.54, 1.807) is 0 Å². The molecule has 0 spiro atoms. The first-order valence-corrected chi connectivity index (χ1v) is 5.92. The molecule has 0 unspecified atom stereocenters. The Balaban J connectivity index is 1.86. The molecule has 0 radical (unpaired) electrons. The second-order valence-electron chi connectivity index (χ2n) is 4.63. The Labute approximate surface area is 111 Å². The molecule has 1 aromatic heterocycles. The van der Waals surface area contributed by atoms with E-state index in [1.165, 1.54) is 4.90 Å². The molecule has 1 saturated heterocycles. The molecular weight excluding hydrogens is 283 g/mol. The number of nitrogens with zero attached hydrogens (tertiary/aromatic N) is 2. The van der Waals surface area contributed by atoms with Crippen LogP contribution in [0.15, 0.2) is 12.3 Å². The molecule has 0 aliphatic carbocycles. The lowest BCUT2D eigenvalue weighted by molar-refractivity contribution is -0.151. The predicted molar refractivity (Wildman–Crippen MR) is 58.8 cm³/mol. The summed E-state index contributed by atoms with van der Waals surface area (Å²) >= 11 is 0. The third kappa shape index (κ3) is 3.43. The number of halogens is 5. The van der Waals surface area contributed by atoms with Crippen LogP contribution in [0.5, 0.6) is 0 Å². The summed E-state index contributed by atoms with van der Waals surface area (Å²) in [6.07, 6.45) is -5.29. The molecule has 20 heavy (non-hydrogen) atoms. The fourth-order valence-corrected chi connectivity index (χ4v) is 1.99. The molecule has 0 aromatic carbocycles. The van der Waals surface area contributed by atoms with Gasteiger partial charge in [-0.25, -0.2) is 8.78 Å². The number of hydrogen-bond acceptors (Lipinski definition) is 2. The zero-order chi connectivity index (χ0) is 14.9. The maximum atomic E-state index is 13.4. The van der Waals surface area contributed by atoms with Gasteiger partial charge in [-0.2, -0.15) is 13.2 Å². The van der Waals surface area contributed by atoms with E-state index in [0.717, 1.165) is 6.20 Å². The number of alkyl halides is 3. The van der Waals surface area contributed by atoms with E-state index in [1.807, 2.05) is 0 Å².